The van der Waals surface area contributed by atoms with Crippen LogP contribution in [0.1, 0.15) is 5.69 Å². The van der Waals surface area contributed by atoms with Crippen LogP contribution in [0, 0.1) is 12.7 Å². The predicted octanol–water partition coefficient (Wildman–Crippen LogP) is 4.44. The van der Waals surface area contributed by atoms with Gasteiger partial charge in [0.2, 0.25) is 5.95 Å². The molecule has 2 heterocycles. The lowest BCUT2D eigenvalue weighted by Crippen LogP contribution is -2.03. The van der Waals surface area contributed by atoms with E-state index >= 15 is 0 Å². The van der Waals surface area contributed by atoms with E-state index < -0.39 is 11.3 Å². The first-order chi connectivity index (χ1) is 14.0. The van der Waals surface area contributed by atoms with Crippen molar-refractivity contribution in [2.75, 3.05) is 15.4 Å². The highest BCUT2D eigenvalue weighted by atomic mass is 32.2. The van der Waals surface area contributed by atoms with Gasteiger partial charge in [0.15, 0.2) is 5.82 Å². The molecular formula is C19H17FN6O2S. The number of aromatic nitrogens is 3. The molecule has 4 aromatic rings. The van der Waals surface area contributed by atoms with E-state index in [0.29, 0.717) is 34.2 Å². The molecule has 0 aliphatic carbocycles. The number of aromatic amines is 1. The summed E-state index contributed by atoms with van der Waals surface area (Å²) < 4.78 is 36.7. The average molecular weight is 412 g/mol. The fourth-order valence-corrected chi connectivity index (χ4v) is 3.22. The second kappa shape index (κ2) is 7.86. The highest BCUT2D eigenvalue weighted by Crippen LogP contribution is 2.27. The van der Waals surface area contributed by atoms with E-state index in [1.807, 2.05) is 13.0 Å². The zero-order valence-electron chi connectivity index (χ0n) is 15.2. The zero-order valence-corrected chi connectivity index (χ0v) is 16.0. The monoisotopic (exact) mass is 412 g/mol. The van der Waals surface area contributed by atoms with Gasteiger partial charge < -0.3 is 15.6 Å². The summed E-state index contributed by atoms with van der Waals surface area (Å²) in [6, 6.07) is 13.6. The number of fused-ring (bicyclic) bond motifs is 1. The van der Waals surface area contributed by atoms with E-state index in [9.17, 15) is 8.60 Å². The number of rotatable bonds is 6. The summed E-state index contributed by atoms with van der Waals surface area (Å²) in [5.74, 6) is 0.395. The Morgan fingerprint density at radius 2 is 1.83 bits per heavy atom. The van der Waals surface area contributed by atoms with Gasteiger partial charge in [0, 0.05) is 34.2 Å². The first-order valence-corrected chi connectivity index (χ1v) is 9.71. The summed E-state index contributed by atoms with van der Waals surface area (Å²) in [7, 11) is 0. The Hall–Kier alpha value is -3.50. The first kappa shape index (κ1) is 18.8. The Balaban J connectivity index is 1.52. The highest BCUT2D eigenvalue weighted by Gasteiger charge is 2.10. The van der Waals surface area contributed by atoms with Gasteiger partial charge in [-0.2, -0.15) is 4.98 Å². The van der Waals surface area contributed by atoms with Gasteiger partial charge in [-0.1, -0.05) is 0 Å². The maximum absolute atomic E-state index is 14.8. The Labute approximate surface area is 168 Å². The van der Waals surface area contributed by atoms with Crippen LogP contribution in [0.15, 0.2) is 54.7 Å². The van der Waals surface area contributed by atoms with Crippen molar-refractivity contribution in [3.05, 3.63) is 66.2 Å². The molecule has 5 N–H and O–H groups in total. The number of nitrogens with zero attached hydrogens (tertiary/aromatic N) is 2. The topological polar surface area (TPSA) is 115 Å². The summed E-state index contributed by atoms with van der Waals surface area (Å²) in [5.41, 5.74) is 3.12. The van der Waals surface area contributed by atoms with Gasteiger partial charge >= 0.3 is 0 Å². The summed E-state index contributed by atoms with van der Waals surface area (Å²) in [6.07, 6.45) is 1.55. The van der Waals surface area contributed by atoms with Crippen molar-refractivity contribution in [2.24, 2.45) is 0 Å². The highest BCUT2D eigenvalue weighted by molar-refractivity contribution is 7.80. The van der Waals surface area contributed by atoms with Crippen LogP contribution in [0.2, 0.25) is 0 Å². The first-order valence-electron chi connectivity index (χ1n) is 8.60. The van der Waals surface area contributed by atoms with Gasteiger partial charge in [-0.3, -0.25) is 9.27 Å². The van der Waals surface area contributed by atoms with Gasteiger partial charge in [0.25, 0.3) is 11.3 Å². The normalized spacial score (nSPS) is 12.0. The van der Waals surface area contributed by atoms with E-state index in [-0.39, 0.29) is 5.82 Å². The third-order valence-corrected chi connectivity index (χ3v) is 4.55. The van der Waals surface area contributed by atoms with Crippen LogP contribution in [0.3, 0.4) is 0 Å². The second-order valence-corrected chi connectivity index (χ2v) is 6.99. The van der Waals surface area contributed by atoms with Crippen molar-refractivity contribution >= 4 is 51.0 Å². The molecule has 0 fully saturated rings. The Morgan fingerprint density at radius 3 is 2.59 bits per heavy atom. The molecule has 0 spiro atoms. The molecule has 2 aromatic heterocycles. The van der Waals surface area contributed by atoms with Crippen LogP contribution in [-0.4, -0.2) is 23.7 Å². The molecule has 0 bridgehead atoms. The largest absolute Gasteiger partial charge is 0.359 e. The van der Waals surface area contributed by atoms with Gasteiger partial charge in [-0.15, -0.1) is 0 Å². The lowest BCUT2D eigenvalue weighted by Gasteiger charge is -2.10. The van der Waals surface area contributed by atoms with Crippen molar-refractivity contribution in [1.29, 1.82) is 0 Å². The molecule has 2 aromatic carbocycles. The average Bonchev–Trinajstić information content (AvgIpc) is 3.07. The van der Waals surface area contributed by atoms with Crippen LogP contribution in [0.25, 0.3) is 10.9 Å². The predicted molar refractivity (Wildman–Crippen MR) is 112 cm³/mol. The number of H-pyrrole nitrogens is 1. The fraction of sp³-hybridized carbons (Fsp3) is 0.0526. The van der Waals surface area contributed by atoms with Crippen LogP contribution >= 0.6 is 0 Å². The molecule has 10 heteroatoms. The fourth-order valence-electron chi connectivity index (χ4n) is 2.88. The Kier molecular flexibility index (Phi) is 5.10. The molecule has 4 rings (SSSR count). The van der Waals surface area contributed by atoms with E-state index in [0.717, 1.165) is 11.2 Å². The number of anilines is 5. The van der Waals surface area contributed by atoms with E-state index in [1.165, 1.54) is 0 Å². The Bertz CT molecular complexity index is 1200. The molecule has 0 amide bonds. The minimum atomic E-state index is -2.13. The zero-order chi connectivity index (χ0) is 20.4. The standard InChI is InChI=1S/C19H17FN6O2S/c1-11-10-14-15(22-11)6-7-16(18(14)20)24-17-8-9-21-19(25-17)23-12-2-4-13(5-3-12)26-29(27)28/h2-10,22,26H,1H3,(H,27,28)(H2,21,23,24,25). The van der Waals surface area contributed by atoms with Gasteiger partial charge in [-0.05, 0) is 55.5 Å². The maximum Gasteiger partial charge on any atom is 0.259 e. The van der Waals surface area contributed by atoms with Crippen LogP contribution in [0.5, 0.6) is 0 Å². The Morgan fingerprint density at radius 1 is 1.07 bits per heavy atom. The number of hydrogen-bond acceptors (Lipinski definition) is 5. The molecule has 0 aliphatic rings. The molecule has 29 heavy (non-hydrogen) atoms. The molecule has 0 radical (unpaired) electrons. The number of nitrogens with one attached hydrogen (secondary N) is 4. The molecule has 148 valence electrons. The van der Waals surface area contributed by atoms with E-state index in [1.54, 1.807) is 48.7 Å². The van der Waals surface area contributed by atoms with E-state index in [2.05, 4.69) is 30.3 Å². The number of halogens is 1. The van der Waals surface area contributed by atoms with Crippen molar-refractivity contribution in [3.8, 4) is 0 Å². The molecule has 8 nitrogen and oxygen atoms in total. The smallest absolute Gasteiger partial charge is 0.259 e. The summed E-state index contributed by atoms with van der Waals surface area (Å²) in [6.45, 7) is 1.88. The molecule has 1 atom stereocenters. The van der Waals surface area contributed by atoms with Crippen molar-refractivity contribution in [3.63, 3.8) is 0 Å². The van der Waals surface area contributed by atoms with Crippen molar-refractivity contribution in [1.82, 2.24) is 15.0 Å². The molecule has 0 aliphatic heterocycles. The number of benzene rings is 2. The van der Waals surface area contributed by atoms with Crippen LogP contribution in [0.4, 0.5) is 33.2 Å². The van der Waals surface area contributed by atoms with Crippen LogP contribution in [-0.2, 0) is 11.3 Å². The summed E-state index contributed by atoms with van der Waals surface area (Å²) in [4.78, 5) is 11.6. The lowest BCUT2D eigenvalue weighted by molar-refractivity contribution is 0.570. The number of aryl methyl sites for hydroxylation is 1. The SMILES string of the molecule is Cc1cc2c(F)c(Nc3ccnc(Nc4ccc(NS(=O)O)cc4)n3)ccc2[nH]1. The molecule has 0 saturated carbocycles. The third kappa shape index (κ3) is 4.33. The summed E-state index contributed by atoms with van der Waals surface area (Å²) >= 11 is -2.13. The van der Waals surface area contributed by atoms with Gasteiger partial charge in [0.1, 0.15) is 5.82 Å². The molecule has 1 unspecified atom stereocenters. The van der Waals surface area contributed by atoms with Gasteiger partial charge in [-0.25, -0.2) is 13.6 Å². The van der Waals surface area contributed by atoms with E-state index in [4.69, 9.17) is 4.55 Å². The number of hydrogen-bond donors (Lipinski definition) is 5. The maximum atomic E-state index is 14.8. The molecular weight excluding hydrogens is 395 g/mol. The minimum absolute atomic E-state index is 0.314. The second-order valence-electron chi connectivity index (χ2n) is 6.28. The minimum Gasteiger partial charge on any atom is -0.359 e. The lowest BCUT2D eigenvalue weighted by atomic mass is 10.2. The molecule has 0 saturated heterocycles. The van der Waals surface area contributed by atoms with Crippen molar-refractivity contribution < 1.29 is 13.2 Å². The van der Waals surface area contributed by atoms with Crippen molar-refractivity contribution in [2.45, 2.75) is 6.92 Å². The quantitative estimate of drug-likeness (QED) is 0.299. The van der Waals surface area contributed by atoms with Crippen LogP contribution < -0.4 is 15.4 Å². The summed E-state index contributed by atoms with van der Waals surface area (Å²) in [5, 5.41) is 6.52. The third-order valence-electron chi connectivity index (χ3n) is 4.14. The van der Waals surface area contributed by atoms with Gasteiger partial charge in [0.05, 0.1) is 5.69 Å².